The standard InChI is InChI=1S/C12H24N2O2/c1-12(2,3)16-9-14-7-10-11(8-14)15-6-5-13(10)4/h10-11H,5-9H2,1-4H3. The molecule has 2 atom stereocenters. The van der Waals surface area contributed by atoms with Crippen LogP contribution in [0.3, 0.4) is 0 Å². The molecule has 2 heterocycles. The fraction of sp³-hybridized carbons (Fsp3) is 1.00. The molecule has 16 heavy (non-hydrogen) atoms. The van der Waals surface area contributed by atoms with Gasteiger partial charge in [-0.05, 0) is 27.8 Å². The summed E-state index contributed by atoms with van der Waals surface area (Å²) < 4.78 is 11.6. The van der Waals surface area contributed by atoms with Gasteiger partial charge in [0.1, 0.15) is 0 Å². The summed E-state index contributed by atoms with van der Waals surface area (Å²) in [7, 11) is 2.19. The van der Waals surface area contributed by atoms with Crippen LogP contribution in [-0.2, 0) is 9.47 Å². The van der Waals surface area contributed by atoms with Crippen molar-refractivity contribution in [2.24, 2.45) is 0 Å². The lowest BCUT2D eigenvalue weighted by Gasteiger charge is -2.33. The first-order valence-electron chi connectivity index (χ1n) is 6.14. The normalized spacial score (nSPS) is 33.0. The van der Waals surface area contributed by atoms with Gasteiger partial charge in [0.05, 0.1) is 25.0 Å². The molecule has 2 aliphatic rings. The maximum absolute atomic E-state index is 5.81. The predicted molar refractivity (Wildman–Crippen MR) is 63.4 cm³/mol. The van der Waals surface area contributed by atoms with E-state index in [9.17, 15) is 0 Å². The van der Waals surface area contributed by atoms with Gasteiger partial charge in [-0.1, -0.05) is 0 Å². The minimum atomic E-state index is -0.0550. The average molecular weight is 228 g/mol. The van der Waals surface area contributed by atoms with Gasteiger partial charge in [-0.25, -0.2) is 0 Å². The highest BCUT2D eigenvalue weighted by Gasteiger charge is 2.38. The Hall–Kier alpha value is -0.160. The molecule has 2 rings (SSSR count). The highest BCUT2D eigenvalue weighted by Crippen LogP contribution is 2.22. The van der Waals surface area contributed by atoms with E-state index in [1.165, 1.54) is 0 Å². The number of hydrogen-bond donors (Lipinski definition) is 0. The Balaban J connectivity index is 1.82. The number of nitrogens with zero attached hydrogens (tertiary/aromatic N) is 2. The molecule has 94 valence electrons. The predicted octanol–water partition coefficient (Wildman–Crippen LogP) is 0.774. The lowest BCUT2D eigenvalue weighted by Crippen LogP contribution is -2.48. The molecular weight excluding hydrogens is 204 g/mol. The van der Waals surface area contributed by atoms with Gasteiger partial charge < -0.3 is 9.47 Å². The Morgan fingerprint density at radius 1 is 1.31 bits per heavy atom. The number of ether oxygens (including phenoxy) is 2. The van der Waals surface area contributed by atoms with Crippen LogP contribution in [-0.4, -0.2) is 67.6 Å². The van der Waals surface area contributed by atoms with Crippen molar-refractivity contribution in [2.45, 2.75) is 38.5 Å². The zero-order valence-corrected chi connectivity index (χ0v) is 10.9. The largest absolute Gasteiger partial charge is 0.374 e. The van der Waals surface area contributed by atoms with Crippen molar-refractivity contribution in [3.8, 4) is 0 Å². The molecule has 4 nitrogen and oxygen atoms in total. The van der Waals surface area contributed by atoms with Crippen LogP contribution in [0.25, 0.3) is 0 Å². The molecule has 0 aromatic heterocycles. The van der Waals surface area contributed by atoms with Crippen LogP contribution < -0.4 is 0 Å². The summed E-state index contributed by atoms with van der Waals surface area (Å²) in [6, 6.07) is 0.553. The molecule has 0 aromatic rings. The van der Waals surface area contributed by atoms with E-state index >= 15 is 0 Å². The first-order chi connectivity index (χ1) is 7.46. The molecule has 0 aliphatic carbocycles. The van der Waals surface area contributed by atoms with Crippen molar-refractivity contribution in [3.05, 3.63) is 0 Å². The van der Waals surface area contributed by atoms with E-state index in [2.05, 4.69) is 37.6 Å². The van der Waals surface area contributed by atoms with Gasteiger partial charge in [-0.2, -0.15) is 0 Å². The molecule has 0 radical (unpaired) electrons. The Morgan fingerprint density at radius 3 is 2.69 bits per heavy atom. The van der Waals surface area contributed by atoms with Crippen molar-refractivity contribution in [3.63, 3.8) is 0 Å². The van der Waals surface area contributed by atoms with E-state index in [1.807, 2.05) is 0 Å². The zero-order chi connectivity index (χ0) is 11.8. The summed E-state index contributed by atoms with van der Waals surface area (Å²) in [4.78, 5) is 4.76. The first kappa shape index (κ1) is 12.3. The topological polar surface area (TPSA) is 24.9 Å². The van der Waals surface area contributed by atoms with Crippen molar-refractivity contribution in [2.75, 3.05) is 40.0 Å². The van der Waals surface area contributed by atoms with E-state index < -0.39 is 0 Å². The second-order valence-electron chi connectivity index (χ2n) is 5.88. The van der Waals surface area contributed by atoms with E-state index in [1.54, 1.807) is 0 Å². The van der Waals surface area contributed by atoms with Gasteiger partial charge in [0.15, 0.2) is 0 Å². The molecule has 2 saturated heterocycles. The Labute approximate surface area is 98.5 Å². The molecule has 0 bridgehead atoms. The average Bonchev–Trinajstić information content (AvgIpc) is 2.58. The van der Waals surface area contributed by atoms with Crippen molar-refractivity contribution < 1.29 is 9.47 Å². The van der Waals surface area contributed by atoms with Gasteiger partial charge >= 0.3 is 0 Å². The zero-order valence-electron chi connectivity index (χ0n) is 10.9. The van der Waals surface area contributed by atoms with Crippen LogP contribution in [0.1, 0.15) is 20.8 Å². The second-order valence-corrected chi connectivity index (χ2v) is 5.88. The maximum Gasteiger partial charge on any atom is 0.0998 e. The van der Waals surface area contributed by atoms with Crippen molar-refractivity contribution >= 4 is 0 Å². The number of morpholine rings is 1. The van der Waals surface area contributed by atoms with E-state index in [0.717, 1.165) is 26.2 Å². The lowest BCUT2D eigenvalue weighted by atomic mass is 10.1. The third-order valence-electron chi connectivity index (χ3n) is 3.33. The minimum absolute atomic E-state index is 0.0550. The van der Waals surface area contributed by atoms with Crippen molar-refractivity contribution in [1.82, 2.24) is 9.80 Å². The monoisotopic (exact) mass is 228 g/mol. The Morgan fingerprint density at radius 2 is 2.06 bits per heavy atom. The fourth-order valence-corrected chi connectivity index (χ4v) is 2.32. The summed E-state index contributed by atoms with van der Waals surface area (Å²) in [6.45, 7) is 11.0. The number of likely N-dealkylation sites (tertiary alicyclic amines) is 1. The fourth-order valence-electron chi connectivity index (χ4n) is 2.32. The van der Waals surface area contributed by atoms with Crippen LogP contribution in [0, 0.1) is 0 Å². The summed E-state index contributed by atoms with van der Waals surface area (Å²) in [5.74, 6) is 0. The number of hydrogen-bond acceptors (Lipinski definition) is 4. The smallest absolute Gasteiger partial charge is 0.0998 e. The first-order valence-corrected chi connectivity index (χ1v) is 6.14. The molecule has 0 N–H and O–H groups in total. The molecule has 2 fully saturated rings. The minimum Gasteiger partial charge on any atom is -0.374 e. The molecule has 0 saturated carbocycles. The Kier molecular flexibility index (Phi) is 3.54. The molecule has 2 unspecified atom stereocenters. The molecule has 0 aromatic carbocycles. The summed E-state index contributed by atoms with van der Waals surface area (Å²) in [6.07, 6.45) is 0.377. The Bertz CT molecular complexity index is 240. The van der Waals surface area contributed by atoms with Gasteiger partial charge in [-0.3, -0.25) is 9.80 Å². The third-order valence-corrected chi connectivity index (χ3v) is 3.33. The SMILES string of the molecule is CN1CCOC2CN(COC(C)(C)C)CC21. The number of fused-ring (bicyclic) bond motifs is 1. The molecule has 0 amide bonds. The summed E-state index contributed by atoms with van der Waals surface area (Å²) in [5.41, 5.74) is -0.0550. The van der Waals surface area contributed by atoms with Gasteiger partial charge in [-0.15, -0.1) is 0 Å². The quantitative estimate of drug-likeness (QED) is 0.697. The van der Waals surface area contributed by atoms with Crippen molar-refractivity contribution in [1.29, 1.82) is 0 Å². The van der Waals surface area contributed by atoms with E-state index in [0.29, 0.717) is 18.9 Å². The molecule has 0 spiro atoms. The van der Waals surface area contributed by atoms with Crippen LogP contribution in [0.4, 0.5) is 0 Å². The molecular formula is C12H24N2O2. The van der Waals surface area contributed by atoms with Crippen LogP contribution in [0.2, 0.25) is 0 Å². The second kappa shape index (κ2) is 4.61. The summed E-state index contributed by atoms with van der Waals surface area (Å²) >= 11 is 0. The molecule has 2 aliphatic heterocycles. The highest BCUT2D eigenvalue weighted by molar-refractivity contribution is 4.92. The molecule has 4 heteroatoms. The number of rotatable bonds is 2. The van der Waals surface area contributed by atoms with Gasteiger partial charge in [0.2, 0.25) is 0 Å². The maximum atomic E-state index is 5.81. The van der Waals surface area contributed by atoms with E-state index in [4.69, 9.17) is 9.47 Å². The van der Waals surface area contributed by atoms with Gasteiger partial charge in [0, 0.05) is 25.7 Å². The number of likely N-dealkylation sites (N-methyl/N-ethyl adjacent to an activating group) is 1. The van der Waals surface area contributed by atoms with Crippen LogP contribution in [0.15, 0.2) is 0 Å². The van der Waals surface area contributed by atoms with Crippen LogP contribution >= 0.6 is 0 Å². The van der Waals surface area contributed by atoms with Crippen LogP contribution in [0.5, 0.6) is 0 Å². The third kappa shape index (κ3) is 2.94. The van der Waals surface area contributed by atoms with E-state index in [-0.39, 0.29) is 5.60 Å². The summed E-state index contributed by atoms with van der Waals surface area (Å²) in [5, 5.41) is 0. The van der Waals surface area contributed by atoms with Gasteiger partial charge in [0.25, 0.3) is 0 Å². The highest BCUT2D eigenvalue weighted by atomic mass is 16.5. The lowest BCUT2D eigenvalue weighted by molar-refractivity contribution is -0.0620.